The molecule has 0 radical (unpaired) electrons. The van der Waals surface area contributed by atoms with Crippen LogP contribution in [0.4, 0.5) is 0 Å². The summed E-state index contributed by atoms with van der Waals surface area (Å²) in [6, 6.07) is 23.3. The summed E-state index contributed by atoms with van der Waals surface area (Å²) in [5.74, 6) is 0. The maximum absolute atomic E-state index is 6.27. The zero-order valence-electron chi connectivity index (χ0n) is 15.3. The van der Waals surface area contributed by atoms with Crippen LogP contribution in [0, 0.1) is 0 Å². The van der Waals surface area contributed by atoms with Crippen LogP contribution in [0.25, 0.3) is 35.2 Å². The van der Waals surface area contributed by atoms with Gasteiger partial charge in [-0.05, 0) is 59.7 Å². The smallest absolute Gasteiger partial charge is 0.0715 e. The van der Waals surface area contributed by atoms with Gasteiger partial charge in [-0.25, -0.2) is 4.98 Å². The summed E-state index contributed by atoms with van der Waals surface area (Å²) in [6.45, 7) is 0. The molecule has 29 heavy (non-hydrogen) atoms. The van der Waals surface area contributed by atoms with Crippen LogP contribution in [-0.4, -0.2) is 4.98 Å². The van der Waals surface area contributed by atoms with Crippen molar-refractivity contribution in [2.45, 2.75) is 0 Å². The monoisotopic (exact) mass is 435 g/mol. The largest absolute Gasteiger partial charge is 0.248 e. The first-order valence-corrected chi connectivity index (χ1v) is 10.2. The SMILES string of the molecule is Clc1ccc(/C=C/c2cc(/C=C/c3c(Cl)cccc3Cl)nc3ccccc23)cc1. The van der Waals surface area contributed by atoms with Crippen LogP contribution in [0.3, 0.4) is 0 Å². The number of pyridine rings is 1. The van der Waals surface area contributed by atoms with Crippen LogP contribution in [0.2, 0.25) is 15.1 Å². The molecule has 1 nitrogen and oxygen atoms in total. The molecule has 0 fully saturated rings. The fraction of sp³-hybridized carbons (Fsp3) is 0. The Morgan fingerprint density at radius 3 is 2.14 bits per heavy atom. The number of hydrogen-bond acceptors (Lipinski definition) is 1. The second-order valence-corrected chi connectivity index (χ2v) is 7.76. The minimum absolute atomic E-state index is 0.609. The van der Waals surface area contributed by atoms with Crippen molar-refractivity contribution in [2.75, 3.05) is 0 Å². The average molecular weight is 437 g/mol. The predicted molar refractivity (Wildman–Crippen MR) is 128 cm³/mol. The molecule has 0 aliphatic carbocycles. The molecule has 0 saturated carbocycles. The average Bonchev–Trinajstić information content (AvgIpc) is 2.73. The van der Waals surface area contributed by atoms with Gasteiger partial charge >= 0.3 is 0 Å². The quantitative estimate of drug-likeness (QED) is 0.312. The Morgan fingerprint density at radius 2 is 1.38 bits per heavy atom. The highest BCUT2D eigenvalue weighted by Gasteiger charge is 2.04. The van der Waals surface area contributed by atoms with Gasteiger partial charge in [0.05, 0.1) is 11.2 Å². The summed E-state index contributed by atoms with van der Waals surface area (Å²) in [5, 5.41) is 3.03. The Bertz CT molecular complexity index is 1200. The minimum Gasteiger partial charge on any atom is -0.248 e. The molecule has 0 aliphatic heterocycles. The Labute approximate surface area is 184 Å². The third-order valence-electron chi connectivity index (χ3n) is 4.51. The van der Waals surface area contributed by atoms with Crippen molar-refractivity contribution in [1.82, 2.24) is 4.98 Å². The van der Waals surface area contributed by atoms with Gasteiger partial charge in [0, 0.05) is 26.0 Å². The summed E-state index contributed by atoms with van der Waals surface area (Å²) in [6.07, 6.45) is 7.98. The lowest BCUT2D eigenvalue weighted by Gasteiger charge is -2.05. The number of para-hydroxylation sites is 1. The molecule has 1 aromatic heterocycles. The summed E-state index contributed by atoms with van der Waals surface area (Å²) >= 11 is 18.5. The number of nitrogens with zero attached hydrogens (tertiary/aromatic N) is 1. The van der Waals surface area contributed by atoms with Crippen LogP contribution < -0.4 is 0 Å². The van der Waals surface area contributed by atoms with Gasteiger partial charge in [-0.3, -0.25) is 0 Å². The number of fused-ring (bicyclic) bond motifs is 1. The number of hydrogen-bond donors (Lipinski definition) is 0. The van der Waals surface area contributed by atoms with Crippen LogP contribution in [0.5, 0.6) is 0 Å². The molecular formula is C25H16Cl3N. The van der Waals surface area contributed by atoms with Crippen molar-refractivity contribution in [2.24, 2.45) is 0 Å². The van der Waals surface area contributed by atoms with Crippen molar-refractivity contribution < 1.29 is 0 Å². The van der Waals surface area contributed by atoms with Gasteiger partial charge in [0.2, 0.25) is 0 Å². The molecule has 3 aromatic carbocycles. The third kappa shape index (κ3) is 4.71. The van der Waals surface area contributed by atoms with Crippen LogP contribution in [-0.2, 0) is 0 Å². The molecule has 4 heteroatoms. The van der Waals surface area contributed by atoms with Crippen LogP contribution in [0.1, 0.15) is 22.4 Å². The summed E-state index contributed by atoms with van der Waals surface area (Å²) in [4.78, 5) is 4.75. The highest BCUT2D eigenvalue weighted by atomic mass is 35.5. The van der Waals surface area contributed by atoms with Crippen molar-refractivity contribution >= 4 is 70.0 Å². The molecule has 0 saturated heterocycles. The molecule has 0 N–H and O–H groups in total. The first-order chi connectivity index (χ1) is 14.1. The van der Waals surface area contributed by atoms with Gasteiger partial charge in [-0.15, -0.1) is 0 Å². The van der Waals surface area contributed by atoms with E-state index < -0.39 is 0 Å². The second kappa shape index (κ2) is 8.84. The van der Waals surface area contributed by atoms with Crippen LogP contribution >= 0.6 is 34.8 Å². The van der Waals surface area contributed by atoms with Gasteiger partial charge in [0.15, 0.2) is 0 Å². The lowest BCUT2D eigenvalue weighted by atomic mass is 10.1. The highest BCUT2D eigenvalue weighted by molar-refractivity contribution is 6.37. The van der Waals surface area contributed by atoms with E-state index in [-0.39, 0.29) is 0 Å². The summed E-state index contributed by atoms with van der Waals surface area (Å²) in [5.41, 5.74) is 4.70. The van der Waals surface area contributed by atoms with Gasteiger partial charge in [0.1, 0.15) is 0 Å². The van der Waals surface area contributed by atoms with Crippen molar-refractivity contribution in [3.8, 4) is 0 Å². The Hall–Kier alpha value is -2.58. The zero-order chi connectivity index (χ0) is 20.2. The summed E-state index contributed by atoms with van der Waals surface area (Å²) in [7, 11) is 0. The molecule has 0 spiro atoms. The molecule has 0 aliphatic rings. The van der Waals surface area contributed by atoms with E-state index in [0.717, 1.165) is 38.3 Å². The first-order valence-electron chi connectivity index (χ1n) is 9.06. The number of aromatic nitrogens is 1. The van der Waals surface area contributed by atoms with Gasteiger partial charge in [-0.2, -0.15) is 0 Å². The molecule has 1 heterocycles. The molecule has 4 aromatic rings. The molecule has 0 atom stereocenters. The van der Waals surface area contributed by atoms with Crippen molar-refractivity contribution in [1.29, 1.82) is 0 Å². The number of rotatable bonds is 4. The van der Waals surface area contributed by atoms with Gasteiger partial charge in [0.25, 0.3) is 0 Å². The maximum Gasteiger partial charge on any atom is 0.0715 e. The Kier molecular flexibility index (Phi) is 6.01. The Morgan fingerprint density at radius 1 is 0.655 bits per heavy atom. The molecule has 142 valence electrons. The van der Waals surface area contributed by atoms with E-state index in [0.29, 0.717) is 10.0 Å². The topological polar surface area (TPSA) is 12.9 Å². The highest BCUT2D eigenvalue weighted by Crippen LogP contribution is 2.27. The van der Waals surface area contributed by atoms with E-state index >= 15 is 0 Å². The van der Waals surface area contributed by atoms with E-state index in [9.17, 15) is 0 Å². The maximum atomic E-state index is 6.27. The molecule has 0 bridgehead atoms. The fourth-order valence-corrected chi connectivity index (χ4v) is 3.69. The predicted octanol–water partition coefficient (Wildman–Crippen LogP) is 8.54. The zero-order valence-corrected chi connectivity index (χ0v) is 17.6. The van der Waals surface area contributed by atoms with E-state index in [1.54, 1.807) is 0 Å². The van der Waals surface area contributed by atoms with Gasteiger partial charge < -0.3 is 0 Å². The fourth-order valence-electron chi connectivity index (χ4n) is 3.05. The number of halogens is 3. The van der Waals surface area contributed by atoms with Crippen molar-refractivity contribution in [3.63, 3.8) is 0 Å². The first kappa shape index (κ1) is 19.7. The normalized spacial score (nSPS) is 11.7. The van der Waals surface area contributed by atoms with E-state index in [1.165, 1.54) is 0 Å². The van der Waals surface area contributed by atoms with E-state index in [2.05, 4.69) is 24.3 Å². The van der Waals surface area contributed by atoms with Crippen molar-refractivity contribution in [3.05, 3.63) is 110 Å². The second-order valence-electron chi connectivity index (χ2n) is 6.51. The number of benzene rings is 3. The van der Waals surface area contributed by atoms with E-state index in [1.807, 2.05) is 72.8 Å². The third-order valence-corrected chi connectivity index (χ3v) is 5.42. The van der Waals surface area contributed by atoms with Crippen LogP contribution in [0.15, 0.2) is 72.8 Å². The lowest BCUT2D eigenvalue weighted by molar-refractivity contribution is 1.37. The lowest BCUT2D eigenvalue weighted by Crippen LogP contribution is -1.88. The standard InChI is InChI=1S/C25H16Cl3N/c26-19-12-9-17(10-13-19)8-11-18-16-20(29-25-7-2-1-4-21(18)25)14-15-22-23(27)5-3-6-24(22)28/h1-16H/b11-8+,15-14+. The van der Waals surface area contributed by atoms with E-state index in [4.69, 9.17) is 39.8 Å². The molecule has 0 amide bonds. The van der Waals surface area contributed by atoms with Gasteiger partial charge in [-0.1, -0.05) is 83.4 Å². The summed E-state index contributed by atoms with van der Waals surface area (Å²) < 4.78 is 0. The molecule has 4 rings (SSSR count). The minimum atomic E-state index is 0.609. The Balaban J connectivity index is 1.74. The molecular weight excluding hydrogens is 421 g/mol. The molecule has 0 unspecified atom stereocenters.